The third-order valence-corrected chi connectivity index (χ3v) is 3.75. The van der Waals surface area contributed by atoms with Crippen molar-refractivity contribution in [2.75, 3.05) is 13.1 Å². The van der Waals surface area contributed by atoms with Gasteiger partial charge >= 0.3 is 0 Å². The largest absolute Gasteiger partial charge is 0.339 e. The van der Waals surface area contributed by atoms with Crippen molar-refractivity contribution >= 4 is 5.91 Å². The van der Waals surface area contributed by atoms with Crippen LogP contribution in [-0.2, 0) is 0 Å². The third-order valence-electron chi connectivity index (χ3n) is 3.75. The molecular weight excluding hydrogens is 250 g/mol. The van der Waals surface area contributed by atoms with Gasteiger partial charge < -0.3 is 4.90 Å². The molecule has 4 heteroatoms. The minimum absolute atomic E-state index is 0.138. The Bertz CT molecular complexity index is 612. The van der Waals surface area contributed by atoms with Crippen LogP contribution in [0.4, 0.5) is 0 Å². The van der Waals surface area contributed by atoms with Crippen molar-refractivity contribution in [2.45, 2.75) is 26.2 Å². The fraction of sp³-hybridized carbons (Fsp3) is 0.375. The molecule has 4 nitrogen and oxygen atoms in total. The molecule has 1 amide bonds. The molecule has 0 aliphatic carbocycles. The molecule has 0 spiro atoms. The number of likely N-dealkylation sites (tertiary alicyclic amines) is 1. The van der Waals surface area contributed by atoms with E-state index in [1.165, 1.54) is 6.42 Å². The van der Waals surface area contributed by atoms with Crippen molar-refractivity contribution in [3.8, 4) is 11.3 Å². The fourth-order valence-corrected chi connectivity index (χ4v) is 2.66. The van der Waals surface area contributed by atoms with E-state index < -0.39 is 0 Å². The minimum Gasteiger partial charge on any atom is -0.339 e. The number of nitrogens with one attached hydrogen (secondary N) is 1. The summed E-state index contributed by atoms with van der Waals surface area (Å²) in [5.74, 6) is 0.138. The summed E-state index contributed by atoms with van der Waals surface area (Å²) in [7, 11) is 0. The number of aryl methyl sites for hydroxylation is 1. The molecule has 104 valence electrons. The van der Waals surface area contributed by atoms with Gasteiger partial charge in [0.1, 0.15) is 0 Å². The normalized spacial score (nSPS) is 15.3. The molecule has 0 atom stereocenters. The molecule has 1 aliphatic heterocycles. The summed E-state index contributed by atoms with van der Waals surface area (Å²) < 4.78 is 0. The predicted octanol–water partition coefficient (Wildman–Crippen LogP) is 3.01. The Balaban J connectivity index is 1.85. The van der Waals surface area contributed by atoms with Crippen molar-refractivity contribution in [3.63, 3.8) is 0 Å². The van der Waals surface area contributed by atoms with E-state index >= 15 is 0 Å². The van der Waals surface area contributed by atoms with Crippen molar-refractivity contribution in [2.24, 2.45) is 0 Å². The summed E-state index contributed by atoms with van der Waals surface area (Å²) in [5.41, 5.74) is 3.64. The van der Waals surface area contributed by atoms with Crippen LogP contribution in [0.2, 0.25) is 0 Å². The van der Waals surface area contributed by atoms with Gasteiger partial charge in [0.15, 0.2) is 0 Å². The van der Waals surface area contributed by atoms with Gasteiger partial charge in [0.2, 0.25) is 0 Å². The summed E-state index contributed by atoms with van der Waals surface area (Å²) >= 11 is 0. The lowest BCUT2D eigenvalue weighted by molar-refractivity contribution is 0.0724. The van der Waals surface area contributed by atoms with Crippen LogP contribution in [0.15, 0.2) is 30.3 Å². The summed E-state index contributed by atoms with van der Waals surface area (Å²) in [5, 5.41) is 7.18. The Hall–Kier alpha value is -2.10. The maximum atomic E-state index is 12.5. The van der Waals surface area contributed by atoms with E-state index in [9.17, 15) is 4.79 Å². The van der Waals surface area contributed by atoms with E-state index in [1.54, 1.807) is 0 Å². The number of hydrogen-bond donors (Lipinski definition) is 1. The zero-order valence-electron chi connectivity index (χ0n) is 11.7. The van der Waals surface area contributed by atoms with Crippen LogP contribution in [0.5, 0.6) is 0 Å². The lowest BCUT2D eigenvalue weighted by atomic mass is 10.1. The number of piperidine rings is 1. The maximum absolute atomic E-state index is 12.5. The molecule has 0 unspecified atom stereocenters. The van der Waals surface area contributed by atoms with Crippen LogP contribution in [0, 0.1) is 6.92 Å². The van der Waals surface area contributed by atoms with Crippen molar-refractivity contribution in [1.82, 2.24) is 15.1 Å². The van der Waals surface area contributed by atoms with Gasteiger partial charge in [-0.05, 0) is 44.4 Å². The number of aromatic nitrogens is 2. The molecule has 0 radical (unpaired) electrons. The van der Waals surface area contributed by atoms with E-state index in [0.717, 1.165) is 48.4 Å². The second-order valence-electron chi connectivity index (χ2n) is 5.37. The number of nitrogens with zero attached hydrogens (tertiary/aromatic N) is 2. The van der Waals surface area contributed by atoms with Crippen LogP contribution in [-0.4, -0.2) is 34.1 Å². The van der Waals surface area contributed by atoms with Crippen LogP contribution < -0.4 is 0 Å². The highest BCUT2D eigenvalue weighted by atomic mass is 16.2. The number of benzene rings is 1. The minimum atomic E-state index is 0.138. The van der Waals surface area contributed by atoms with Gasteiger partial charge in [0.25, 0.3) is 5.91 Å². The topological polar surface area (TPSA) is 49.0 Å². The molecule has 1 saturated heterocycles. The van der Waals surface area contributed by atoms with Crippen molar-refractivity contribution in [1.29, 1.82) is 0 Å². The Morgan fingerprint density at radius 1 is 1.20 bits per heavy atom. The number of amides is 1. The number of H-pyrrole nitrogens is 1. The van der Waals surface area contributed by atoms with Gasteiger partial charge in [-0.3, -0.25) is 9.89 Å². The van der Waals surface area contributed by atoms with Gasteiger partial charge in [-0.15, -0.1) is 0 Å². The lowest BCUT2D eigenvalue weighted by Gasteiger charge is -2.26. The van der Waals surface area contributed by atoms with Crippen LogP contribution in [0.25, 0.3) is 11.3 Å². The smallest absolute Gasteiger partial charge is 0.253 e. The highest BCUT2D eigenvalue weighted by molar-refractivity contribution is 5.95. The first-order valence-corrected chi connectivity index (χ1v) is 7.16. The summed E-state index contributed by atoms with van der Waals surface area (Å²) in [6, 6.07) is 9.73. The molecule has 3 rings (SSSR count). The molecule has 1 fully saturated rings. The number of hydrogen-bond acceptors (Lipinski definition) is 2. The van der Waals surface area contributed by atoms with E-state index in [1.807, 2.05) is 42.2 Å². The first-order valence-electron chi connectivity index (χ1n) is 7.16. The lowest BCUT2D eigenvalue weighted by Crippen LogP contribution is -2.35. The van der Waals surface area contributed by atoms with Crippen LogP contribution in [0.1, 0.15) is 35.3 Å². The number of rotatable bonds is 2. The highest BCUT2D eigenvalue weighted by Gasteiger charge is 2.18. The summed E-state index contributed by atoms with van der Waals surface area (Å²) in [4.78, 5) is 14.4. The van der Waals surface area contributed by atoms with Gasteiger partial charge in [-0.25, -0.2) is 0 Å². The summed E-state index contributed by atoms with van der Waals surface area (Å²) in [6.07, 6.45) is 3.46. The Kier molecular flexibility index (Phi) is 3.54. The highest BCUT2D eigenvalue weighted by Crippen LogP contribution is 2.20. The molecule has 2 aromatic rings. The van der Waals surface area contributed by atoms with Crippen molar-refractivity contribution in [3.05, 3.63) is 41.6 Å². The molecule has 0 bridgehead atoms. The number of aromatic amines is 1. The Morgan fingerprint density at radius 3 is 2.70 bits per heavy atom. The van der Waals surface area contributed by atoms with E-state index in [2.05, 4.69) is 10.2 Å². The quantitative estimate of drug-likeness (QED) is 0.911. The monoisotopic (exact) mass is 269 g/mol. The van der Waals surface area contributed by atoms with Crippen LogP contribution >= 0.6 is 0 Å². The van der Waals surface area contributed by atoms with Gasteiger partial charge in [-0.2, -0.15) is 5.10 Å². The fourth-order valence-electron chi connectivity index (χ4n) is 2.66. The average Bonchev–Trinajstić information content (AvgIpc) is 2.94. The molecule has 20 heavy (non-hydrogen) atoms. The second-order valence-corrected chi connectivity index (χ2v) is 5.37. The first-order chi connectivity index (χ1) is 9.74. The van der Waals surface area contributed by atoms with Crippen molar-refractivity contribution < 1.29 is 4.79 Å². The predicted molar refractivity (Wildman–Crippen MR) is 78.5 cm³/mol. The zero-order valence-corrected chi connectivity index (χ0v) is 11.7. The molecular formula is C16H19N3O. The number of carbonyl (C=O) groups is 1. The molecule has 2 heterocycles. The van der Waals surface area contributed by atoms with E-state index in [4.69, 9.17) is 0 Å². The van der Waals surface area contributed by atoms with Gasteiger partial charge in [0, 0.05) is 29.9 Å². The van der Waals surface area contributed by atoms with Gasteiger partial charge in [0.05, 0.1) is 5.69 Å². The third kappa shape index (κ3) is 2.59. The van der Waals surface area contributed by atoms with Crippen LogP contribution in [0.3, 0.4) is 0 Å². The summed E-state index contributed by atoms with van der Waals surface area (Å²) in [6.45, 7) is 3.73. The SMILES string of the molecule is Cc1cc(-c2cccc(C(=O)N3CCCCC3)c2)n[nH]1. The molecule has 1 aromatic carbocycles. The van der Waals surface area contributed by atoms with E-state index in [-0.39, 0.29) is 5.91 Å². The number of carbonyl (C=O) groups excluding carboxylic acids is 1. The second kappa shape index (κ2) is 5.49. The standard InChI is InChI=1S/C16H19N3O/c1-12-10-15(18-17-12)13-6-5-7-14(11-13)16(20)19-8-3-2-4-9-19/h5-7,10-11H,2-4,8-9H2,1H3,(H,17,18). The average molecular weight is 269 g/mol. The van der Waals surface area contributed by atoms with E-state index in [0.29, 0.717) is 0 Å². The molecule has 0 saturated carbocycles. The maximum Gasteiger partial charge on any atom is 0.253 e. The first kappa shape index (κ1) is 12.9. The van der Waals surface area contributed by atoms with Gasteiger partial charge in [-0.1, -0.05) is 12.1 Å². The molecule has 1 N–H and O–H groups in total. The zero-order chi connectivity index (χ0) is 13.9. The molecule has 1 aliphatic rings. The molecule has 1 aromatic heterocycles. The Labute approximate surface area is 118 Å². The Morgan fingerprint density at radius 2 is 2.00 bits per heavy atom.